The topological polar surface area (TPSA) is 40.7 Å². The second kappa shape index (κ2) is 4.91. The van der Waals surface area contributed by atoms with Gasteiger partial charge in [0, 0.05) is 25.4 Å². The van der Waals surface area contributed by atoms with Crippen LogP contribution in [0.3, 0.4) is 0 Å². The van der Waals surface area contributed by atoms with E-state index in [0.717, 1.165) is 5.82 Å². The van der Waals surface area contributed by atoms with Crippen LogP contribution in [0.2, 0.25) is 0 Å². The van der Waals surface area contributed by atoms with Crippen molar-refractivity contribution in [2.24, 2.45) is 0 Å². The zero-order chi connectivity index (χ0) is 9.68. The lowest BCUT2D eigenvalue weighted by Crippen LogP contribution is -2.34. The molecule has 0 bridgehead atoms. The maximum atomic E-state index is 12.0. The lowest BCUT2D eigenvalue weighted by atomic mass is 10.3. The van der Waals surface area contributed by atoms with Crippen molar-refractivity contribution in [3.05, 3.63) is 18.2 Å². The normalized spacial score (nSPS) is 13.5. The van der Waals surface area contributed by atoms with E-state index < -0.39 is 12.5 Å². The summed E-state index contributed by atoms with van der Waals surface area (Å²) in [6, 6.07) is -0.755. The molecule has 3 nitrogen and oxygen atoms in total. The van der Waals surface area contributed by atoms with Gasteiger partial charge in [0.25, 0.3) is 6.43 Å². The standard InChI is InChI=1S/C8H13F2N3/c1-6(8(9)10)11-3-2-7-12-4-5-13-7/h4-6,8,11H,2-3H2,1H3,(H,12,13). The van der Waals surface area contributed by atoms with Crippen LogP contribution in [0.4, 0.5) is 8.78 Å². The quantitative estimate of drug-likeness (QED) is 0.730. The van der Waals surface area contributed by atoms with Crippen LogP contribution >= 0.6 is 0 Å². The Kier molecular flexibility index (Phi) is 3.82. The Bertz CT molecular complexity index is 223. The summed E-state index contributed by atoms with van der Waals surface area (Å²) in [4.78, 5) is 6.88. The molecule has 0 aliphatic heterocycles. The first-order chi connectivity index (χ1) is 6.20. The molecule has 0 radical (unpaired) electrons. The summed E-state index contributed by atoms with van der Waals surface area (Å²) in [6.45, 7) is 1.98. The van der Waals surface area contributed by atoms with Crippen molar-refractivity contribution in [2.75, 3.05) is 6.54 Å². The maximum absolute atomic E-state index is 12.0. The van der Waals surface area contributed by atoms with Crippen LogP contribution in [0.25, 0.3) is 0 Å². The smallest absolute Gasteiger partial charge is 0.253 e. The van der Waals surface area contributed by atoms with E-state index in [1.807, 2.05) is 0 Å². The number of nitrogens with one attached hydrogen (secondary N) is 2. The van der Waals surface area contributed by atoms with Crippen molar-refractivity contribution in [2.45, 2.75) is 25.8 Å². The molecule has 0 fully saturated rings. The van der Waals surface area contributed by atoms with Crippen LogP contribution in [-0.2, 0) is 6.42 Å². The number of hydrogen-bond acceptors (Lipinski definition) is 2. The third kappa shape index (κ3) is 3.50. The van der Waals surface area contributed by atoms with E-state index in [2.05, 4.69) is 15.3 Å². The van der Waals surface area contributed by atoms with Gasteiger partial charge in [0.05, 0.1) is 6.04 Å². The molecule has 0 amide bonds. The molecule has 1 aromatic rings. The van der Waals surface area contributed by atoms with Crippen LogP contribution in [0.15, 0.2) is 12.4 Å². The molecule has 0 aliphatic rings. The molecule has 0 aromatic carbocycles. The second-order valence-electron chi connectivity index (χ2n) is 2.86. The van der Waals surface area contributed by atoms with E-state index in [1.54, 1.807) is 12.4 Å². The first-order valence-electron chi connectivity index (χ1n) is 4.20. The second-order valence-corrected chi connectivity index (χ2v) is 2.86. The van der Waals surface area contributed by atoms with Gasteiger partial charge < -0.3 is 10.3 Å². The molecule has 1 heterocycles. The van der Waals surface area contributed by atoms with Gasteiger partial charge in [0.2, 0.25) is 0 Å². The highest BCUT2D eigenvalue weighted by atomic mass is 19.3. The predicted molar refractivity (Wildman–Crippen MR) is 45.8 cm³/mol. The number of imidazole rings is 1. The van der Waals surface area contributed by atoms with Gasteiger partial charge in [-0.2, -0.15) is 0 Å². The molecule has 1 atom stereocenters. The maximum Gasteiger partial charge on any atom is 0.253 e. The highest BCUT2D eigenvalue weighted by Crippen LogP contribution is 1.99. The van der Waals surface area contributed by atoms with Crippen molar-refractivity contribution >= 4 is 0 Å². The van der Waals surface area contributed by atoms with Gasteiger partial charge in [0.15, 0.2) is 0 Å². The average Bonchev–Trinajstić information content (AvgIpc) is 2.56. The number of hydrogen-bond donors (Lipinski definition) is 2. The molecule has 5 heteroatoms. The highest BCUT2D eigenvalue weighted by Gasteiger charge is 2.12. The van der Waals surface area contributed by atoms with Gasteiger partial charge in [-0.25, -0.2) is 13.8 Å². The summed E-state index contributed by atoms with van der Waals surface area (Å²) < 4.78 is 24.0. The van der Waals surface area contributed by atoms with Gasteiger partial charge in [-0.3, -0.25) is 0 Å². The van der Waals surface area contributed by atoms with Crippen molar-refractivity contribution < 1.29 is 8.78 Å². The first-order valence-corrected chi connectivity index (χ1v) is 4.20. The van der Waals surface area contributed by atoms with E-state index in [-0.39, 0.29) is 0 Å². The molecule has 13 heavy (non-hydrogen) atoms. The summed E-state index contributed by atoms with van der Waals surface area (Å²) in [5, 5.41) is 2.71. The first kappa shape index (κ1) is 10.1. The van der Waals surface area contributed by atoms with E-state index in [0.29, 0.717) is 13.0 Å². The minimum absolute atomic E-state index is 0.513. The minimum atomic E-state index is -2.31. The Morgan fingerprint density at radius 3 is 2.92 bits per heavy atom. The van der Waals surface area contributed by atoms with E-state index in [1.165, 1.54) is 6.92 Å². The summed E-state index contributed by atoms with van der Waals surface area (Å²) in [5.74, 6) is 0.814. The van der Waals surface area contributed by atoms with Crippen molar-refractivity contribution in [3.63, 3.8) is 0 Å². The van der Waals surface area contributed by atoms with Gasteiger partial charge >= 0.3 is 0 Å². The number of alkyl halides is 2. The van der Waals surface area contributed by atoms with E-state index in [4.69, 9.17) is 0 Å². The Morgan fingerprint density at radius 2 is 2.38 bits per heavy atom. The van der Waals surface area contributed by atoms with Crippen molar-refractivity contribution in [1.29, 1.82) is 0 Å². The number of rotatable bonds is 5. The molecule has 1 unspecified atom stereocenters. The van der Waals surface area contributed by atoms with Crippen LogP contribution < -0.4 is 5.32 Å². The number of halogens is 2. The number of H-pyrrole nitrogens is 1. The fourth-order valence-electron chi connectivity index (χ4n) is 0.942. The van der Waals surface area contributed by atoms with E-state index in [9.17, 15) is 8.78 Å². The molecule has 0 saturated heterocycles. The van der Waals surface area contributed by atoms with Gasteiger partial charge in [-0.05, 0) is 6.92 Å². The monoisotopic (exact) mass is 189 g/mol. The lowest BCUT2D eigenvalue weighted by Gasteiger charge is -2.11. The molecular weight excluding hydrogens is 176 g/mol. The van der Waals surface area contributed by atoms with Crippen LogP contribution in [0.5, 0.6) is 0 Å². The summed E-state index contributed by atoms with van der Waals surface area (Å²) in [7, 11) is 0. The Labute approximate surface area is 75.6 Å². The van der Waals surface area contributed by atoms with Crippen LogP contribution in [0, 0.1) is 0 Å². The van der Waals surface area contributed by atoms with E-state index >= 15 is 0 Å². The summed E-state index contributed by atoms with van der Waals surface area (Å²) >= 11 is 0. The largest absolute Gasteiger partial charge is 0.349 e. The molecule has 1 aromatic heterocycles. The van der Waals surface area contributed by atoms with Crippen LogP contribution in [0.1, 0.15) is 12.7 Å². The Morgan fingerprint density at radius 1 is 1.62 bits per heavy atom. The minimum Gasteiger partial charge on any atom is -0.349 e. The fourth-order valence-corrected chi connectivity index (χ4v) is 0.942. The average molecular weight is 189 g/mol. The zero-order valence-corrected chi connectivity index (χ0v) is 7.43. The molecule has 2 N–H and O–H groups in total. The van der Waals surface area contributed by atoms with Gasteiger partial charge in [-0.1, -0.05) is 0 Å². The third-order valence-electron chi connectivity index (χ3n) is 1.76. The Hall–Kier alpha value is -0.970. The summed E-state index contributed by atoms with van der Waals surface area (Å²) in [5.41, 5.74) is 0. The third-order valence-corrected chi connectivity index (χ3v) is 1.76. The van der Waals surface area contributed by atoms with Crippen LogP contribution in [-0.4, -0.2) is 29.0 Å². The fraction of sp³-hybridized carbons (Fsp3) is 0.625. The molecule has 0 saturated carbocycles. The van der Waals surface area contributed by atoms with Gasteiger partial charge in [-0.15, -0.1) is 0 Å². The SMILES string of the molecule is CC(NCCc1ncc[nH]1)C(F)F. The van der Waals surface area contributed by atoms with Crippen molar-refractivity contribution in [3.8, 4) is 0 Å². The lowest BCUT2D eigenvalue weighted by molar-refractivity contribution is 0.106. The molecule has 74 valence electrons. The van der Waals surface area contributed by atoms with Crippen molar-refractivity contribution in [1.82, 2.24) is 15.3 Å². The van der Waals surface area contributed by atoms with Gasteiger partial charge in [0.1, 0.15) is 5.82 Å². The molecule has 0 spiro atoms. The predicted octanol–water partition coefficient (Wildman–Crippen LogP) is 1.20. The Balaban J connectivity index is 2.14. The molecule has 1 rings (SSSR count). The summed E-state index contributed by atoms with van der Waals surface area (Å²) in [6.07, 6.45) is 1.69. The zero-order valence-electron chi connectivity index (χ0n) is 7.43. The number of aromatic amines is 1. The molecular formula is C8H13F2N3. The molecule has 0 aliphatic carbocycles. The highest BCUT2D eigenvalue weighted by molar-refractivity contribution is 4.87. The number of aromatic nitrogens is 2. The number of nitrogens with zero attached hydrogens (tertiary/aromatic N) is 1.